The highest BCUT2D eigenvalue weighted by atomic mass is 32.2. The van der Waals surface area contributed by atoms with Gasteiger partial charge in [-0.15, -0.1) is 0 Å². The Labute approximate surface area is 170 Å². The van der Waals surface area contributed by atoms with Gasteiger partial charge in [-0.3, -0.25) is 10.1 Å². The third-order valence-electron chi connectivity index (χ3n) is 5.30. The molecular weight excluding hydrogens is 390 g/mol. The van der Waals surface area contributed by atoms with Crippen molar-refractivity contribution >= 4 is 15.7 Å². The van der Waals surface area contributed by atoms with Gasteiger partial charge in [0.05, 0.1) is 15.9 Å². The van der Waals surface area contributed by atoms with Crippen LogP contribution in [0.15, 0.2) is 53.4 Å². The molecule has 1 saturated carbocycles. The molecule has 29 heavy (non-hydrogen) atoms. The Balaban J connectivity index is 1.85. The lowest BCUT2D eigenvalue weighted by molar-refractivity contribution is -0.384. The summed E-state index contributed by atoms with van der Waals surface area (Å²) in [4.78, 5) is 10.5. The molecule has 0 spiro atoms. The van der Waals surface area contributed by atoms with E-state index in [9.17, 15) is 18.5 Å². The Hall–Kier alpha value is -2.76. The molecule has 7 nitrogen and oxygen atoms in total. The average molecular weight is 413 g/mol. The van der Waals surface area contributed by atoms with Gasteiger partial charge in [0, 0.05) is 31.1 Å². The Kier molecular flexibility index (Phi) is 6.62. The van der Waals surface area contributed by atoms with E-state index < -0.39 is 14.9 Å². The van der Waals surface area contributed by atoms with Gasteiger partial charge in [-0.2, -0.15) is 9.57 Å². The fourth-order valence-electron chi connectivity index (χ4n) is 3.76. The summed E-state index contributed by atoms with van der Waals surface area (Å²) in [6.45, 7) is 0.202. The van der Waals surface area contributed by atoms with E-state index in [4.69, 9.17) is 5.26 Å². The van der Waals surface area contributed by atoms with Crippen molar-refractivity contribution in [1.29, 1.82) is 5.26 Å². The third kappa shape index (κ3) is 4.81. The maximum Gasteiger partial charge on any atom is 0.269 e. The predicted octanol–water partition coefficient (Wildman–Crippen LogP) is 4.50. The molecular formula is C21H23N3O4S. The lowest BCUT2D eigenvalue weighted by atomic mass is 9.95. The molecule has 0 saturated heterocycles. The van der Waals surface area contributed by atoms with E-state index in [-0.39, 0.29) is 29.6 Å². The third-order valence-corrected chi connectivity index (χ3v) is 7.26. The summed E-state index contributed by atoms with van der Waals surface area (Å²) in [5, 5.41) is 19.7. The topological polar surface area (TPSA) is 104 Å². The van der Waals surface area contributed by atoms with Crippen LogP contribution in [0.25, 0.3) is 11.1 Å². The van der Waals surface area contributed by atoms with Crippen LogP contribution in [-0.4, -0.2) is 30.2 Å². The molecule has 0 aliphatic heterocycles. The van der Waals surface area contributed by atoms with E-state index in [2.05, 4.69) is 0 Å². The number of non-ortho nitro benzene ring substituents is 1. The molecule has 0 bridgehead atoms. The number of nitrogens with zero attached hydrogens (tertiary/aromatic N) is 3. The van der Waals surface area contributed by atoms with Crippen molar-refractivity contribution in [2.45, 2.75) is 49.5 Å². The van der Waals surface area contributed by atoms with E-state index in [1.807, 2.05) is 6.07 Å². The van der Waals surface area contributed by atoms with Gasteiger partial charge in [0.2, 0.25) is 10.0 Å². The molecule has 2 aromatic rings. The molecule has 0 N–H and O–H groups in total. The molecule has 152 valence electrons. The van der Waals surface area contributed by atoms with E-state index in [0.29, 0.717) is 0 Å². The average Bonchev–Trinajstić information content (AvgIpc) is 2.75. The smallest absolute Gasteiger partial charge is 0.258 e. The zero-order valence-corrected chi connectivity index (χ0v) is 16.8. The largest absolute Gasteiger partial charge is 0.269 e. The first kappa shape index (κ1) is 21.0. The molecule has 1 aliphatic rings. The number of sulfonamides is 1. The number of nitro benzene ring substituents is 1. The van der Waals surface area contributed by atoms with Crippen molar-refractivity contribution < 1.29 is 13.3 Å². The number of nitro groups is 1. The highest BCUT2D eigenvalue weighted by Crippen LogP contribution is 2.29. The minimum Gasteiger partial charge on any atom is -0.258 e. The Morgan fingerprint density at radius 3 is 2.07 bits per heavy atom. The van der Waals surface area contributed by atoms with Crippen molar-refractivity contribution in [3.63, 3.8) is 0 Å². The van der Waals surface area contributed by atoms with Crippen LogP contribution in [0.1, 0.15) is 38.5 Å². The first-order valence-electron chi connectivity index (χ1n) is 9.67. The van der Waals surface area contributed by atoms with Crippen LogP contribution >= 0.6 is 0 Å². The fraction of sp³-hybridized carbons (Fsp3) is 0.381. The van der Waals surface area contributed by atoms with Gasteiger partial charge in [-0.25, -0.2) is 8.42 Å². The molecule has 0 unspecified atom stereocenters. The van der Waals surface area contributed by atoms with Gasteiger partial charge in [0.1, 0.15) is 0 Å². The molecule has 8 heteroatoms. The highest BCUT2D eigenvalue weighted by Gasteiger charge is 2.32. The summed E-state index contributed by atoms with van der Waals surface area (Å²) >= 11 is 0. The molecule has 2 aromatic carbocycles. The minimum absolute atomic E-state index is 0.00793. The second-order valence-corrected chi connectivity index (χ2v) is 9.03. The van der Waals surface area contributed by atoms with Gasteiger partial charge in [0.25, 0.3) is 5.69 Å². The predicted molar refractivity (Wildman–Crippen MR) is 110 cm³/mol. The number of hydrogen-bond acceptors (Lipinski definition) is 5. The number of rotatable bonds is 7. The molecule has 0 atom stereocenters. The number of nitriles is 1. The van der Waals surface area contributed by atoms with Crippen molar-refractivity contribution in [2.24, 2.45) is 0 Å². The van der Waals surface area contributed by atoms with Gasteiger partial charge >= 0.3 is 0 Å². The second kappa shape index (κ2) is 9.16. The van der Waals surface area contributed by atoms with Crippen molar-refractivity contribution in [1.82, 2.24) is 4.31 Å². The van der Waals surface area contributed by atoms with Crippen LogP contribution in [0.2, 0.25) is 0 Å². The summed E-state index contributed by atoms with van der Waals surface area (Å²) in [5.74, 6) is 0. The zero-order chi connectivity index (χ0) is 20.9. The molecule has 0 amide bonds. The van der Waals surface area contributed by atoms with Crippen LogP contribution in [0.5, 0.6) is 0 Å². The fourth-order valence-corrected chi connectivity index (χ4v) is 5.44. The quantitative estimate of drug-likeness (QED) is 0.491. The molecule has 0 aromatic heterocycles. The van der Waals surface area contributed by atoms with E-state index in [1.54, 1.807) is 36.4 Å². The number of hydrogen-bond donors (Lipinski definition) is 0. The monoisotopic (exact) mass is 413 g/mol. The Bertz CT molecular complexity index is 990. The molecule has 3 rings (SSSR count). The van der Waals surface area contributed by atoms with Crippen LogP contribution in [0.4, 0.5) is 5.69 Å². The molecule has 0 heterocycles. The van der Waals surface area contributed by atoms with Crippen molar-refractivity contribution in [3.05, 3.63) is 58.6 Å². The van der Waals surface area contributed by atoms with Crippen molar-refractivity contribution in [3.8, 4) is 17.2 Å². The normalized spacial score (nSPS) is 15.2. The lowest BCUT2D eigenvalue weighted by Crippen LogP contribution is -2.41. The van der Waals surface area contributed by atoms with Gasteiger partial charge < -0.3 is 0 Å². The summed E-state index contributed by atoms with van der Waals surface area (Å²) in [7, 11) is -3.70. The first-order valence-corrected chi connectivity index (χ1v) is 11.1. The number of benzene rings is 2. The standard InChI is InChI=1S/C21H23N3O4S/c22-15-4-16-23(19-5-2-1-3-6-19)29(27,28)21-13-9-18(10-14-21)17-7-11-20(12-8-17)24(25)26/h7-14,19H,1-6,16H2. The van der Waals surface area contributed by atoms with Crippen LogP contribution in [0.3, 0.4) is 0 Å². The molecule has 1 fully saturated rings. The van der Waals surface area contributed by atoms with Gasteiger partial charge in [-0.05, 0) is 48.2 Å². The van der Waals surface area contributed by atoms with E-state index in [0.717, 1.165) is 43.2 Å². The maximum absolute atomic E-state index is 13.2. The summed E-state index contributed by atoms with van der Waals surface area (Å²) < 4.78 is 28.0. The summed E-state index contributed by atoms with van der Waals surface area (Å²) in [6, 6.07) is 14.7. The summed E-state index contributed by atoms with van der Waals surface area (Å²) in [5.41, 5.74) is 1.56. The molecule has 1 aliphatic carbocycles. The van der Waals surface area contributed by atoms with Crippen LogP contribution in [-0.2, 0) is 10.0 Å². The highest BCUT2D eigenvalue weighted by molar-refractivity contribution is 7.89. The Morgan fingerprint density at radius 1 is 1.00 bits per heavy atom. The van der Waals surface area contributed by atoms with E-state index >= 15 is 0 Å². The van der Waals surface area contributed by atoms with Crippen LogP contribution in [0, 0.1) is 21.4 Å². The van der Waals surface area contributed by atoms with Crippen LogP contribution < -0.4 is 0 Å². The first-order chi connectivity index (χ1) is 13.9. The maximum atomic E-state index is 13.2. The van der Waals surface area contributed by atoms with Gasteiger partial charge in [-0.1, -0.05) is 31.4 Å². The zero-order valence-electron chi connectivity index (χ0n) is 16.0. The van der Waals surface area contributed by atoms with Gasteiger partial charge in [0.15, 0.2) is 0 Å². The summed E-state index contributed by atoms with van der Waals surface area (Å²) in [6.07, 6.45) is 4.94. The van der Waals surface area contributed by atoms with Crippen molar-refractivity contribution in [2.75, 3.05) is 6.54 Å². The minimum atomic E-state index is -3.70. The molecule has 0 radical (unpaired) electrons. The lowest BCUT2D eigenvalue weighted by Gasteiger charge is -2.33. The second-order valence-electron chi connectivity index (χ2n) is 7.14. The SMILES string of the molecule is N#CCCN(C1CCCCC1)S(=O)(=O)c1ccc(-c2ccc([N+](=O)[O-])cc2)cc1. The Morgan fingerprint density at radius 2 is 1.55 bits per heavy atom. The van der Waals surface area contributed by atoms with E-state index in [1.165, 1.54) is 16.4 Å².